The molecule has 0 atom stereocenters. The molecule has 100 valence electrons. The van der Waals surface area contributed by atoms with Crippen LogP contribution in [-0.2, 0) is 4.74 Å². The zero-order valence-electron chi connectivity index (χ0n) is 10.1. The molecule has 1 aliphatic rings. The molecule has 6 heteroatoms. The number of halogens is 3. The molecule has 1 saturated heterocycles. The summed E-state index contributed by atoms with van der Waals surface area (Å²) < 4.78 is 44.2. The largest absolute Gasteiger partial charge is 0.381 e. The van der Waals surface area contributed by atoms with Crippen LogP contribution in [0.2, 0.25) is 0 Å². The second-order valence-corrected chi connectivity index (χ2v) is 4.87. The predicted octanol–water partition coefficient (Wildman–Crippen LogP) is 2.73. The highest BCUT2D eigenvalue weighted by atomic mass is 19.2. The molecule has 18 heavy (non-hydrogen) atoms. The van der Waals surface area contributed by atoms with Gasteiger partial charge >= 0.3 is 0 Å². The number of ether oxygens (including phenoxy) is 1. The third-order valence-corrected chi connectivity index (χ3v) is 3.27. The van der Waals surface area contributed by atoms with Gasteiger partial charge in [0.25, 0.3) is 5.95 Å². The van der Waals surface area contributed by atoms with Gasteiger partial charge in [0.2, 0.25) is 0 Å². The second kappa shape index (κ2) is 5.14. The standard InChI is InChI=1S/C12H15F3N2O/c1-12(2-4-18-5-3-12)7-16-11-9(14)6-8(13)10(15)17-11/h6H,2-5,7H2,1H3,(H,16,17). The van der Waals surface area contributed by atoms with E-state index in [-0.39, 0.29) is 11.2 Å². The van der Waals surface area contributed by atoms with Crippen LogP contribution < -0.4 is 5.32 Å². The fourth-order valence-electron chi connectivity index (χ4n) is 1.91. The van der Waals surface area contributed by atoms with Crippen molar-refractivity contribution < 1.29 is 17.9 Å². The summed E-state index contributed by atoms with van der Waals surface area (Å²) >= 11 is 0. The van der Waals surface area contributed by atoms with Gasteiger partial charge in [-0.2, -0.15) is 9.37 Å². The van der Waals surface area contributed by atoms with Crippen LogP contribution in [0.25, 0.3) is 0 Å². The number of nitrogens with one attached hydrogen (secondary N) is 1. The fourth-order valence-corrected chi connectivity index (χ4v) is 1.91. The summed E-state index contributed by atoms with van der Waals surface area (Å²) in [6.07, 6.45) is 1.68. The minimum Gasteiger partial charge on any atom is -0.381 e. The van der Waals surface area contributed by atoms with Crippen LogP contribution in [0.3, 0.4) is 0 Å². The van der Waals surface area contributed by atoms with Crippen molar-refractivity contribution in [2.24, 2.45) is 5.41 Å². The second-order valence-electron chi connectivity index (χ2n) is 4.87. The molecule has 0 unspecified atom stereocenters. The maximum Gasteiger partial charge on any atom is 0.251 e. The lowest BCUT2D eigenvalue weighted by Gasteiger charge is -2.33. The zero-order valence-corrected chi connectivity index (χ0v) is 10.1. The Morgan fingerprint density at radius 1 is 1.28 bits per heavy atom. The number of hydrogen-bond donors (Lipinski definition) is 1. The van der Waals surface area contributed by atoms with Crippen LogP contribution in [0.15, 0.2) is 6.07 Å². The van der Waals surface area contributed by atoms with Crippen molar-refractivity contribution >= 4 is 5.82 Å². The molecule has 2 rings (SSSR count). The molecule has 1 aliphatic heterocycles. The molecule has 1 aromatic heterocycles. The summed E-state index contributed by atoms with van der Waals surface area (Å²) in [5.74, 6) is -3.71. The third kappa shape index (κ3) is 2.93. The van der Waals surface area contributed by atoms with Gasteiger partial charge in [-0.1, -0.05) is 6.92 Å². The summed E-state index contributed by atoms with van der Waals surface area (Å²) in [4.78, 5) is 3.23. The third-order valence-electron chi connectivity index (χ3n) is 3.27. The SMILES string of the molecule is CC1(CNc2nc(F)c(F)cc2F)CCOCC1. The molecule has 3 nitrogen and oxygen atoms in total. The number of hydrogen-bond acceptors (Lipinski definition) is 3. The van der Waals surface area contributed by atoms with Gasteiger partial charge in [-0.15, -0.1) is 0 Å². The van der Waals surface area contributed by atoms with Crippen LogP contribution >= 0.6 is 0 Å². The van der Waals surface area contributed by atoms with Crippen molar-refractivity contribution in [1.82, 2.24) is 4.98 Å². The molecule has 0 bridgehead atoms. The van der Waals surface area contributed by atoms with E-state index in [9.17, 15) is 13.2 Å². The van der Waals surface area contributed by atoms with Gasteiger partial charge in [0, 0.05) is 25.8 Å². The van der Waals surface area contributed by atoms with E-state index in [2.05, 4.69) is 10.3 Å². The van der Waals surface area contributed by atoms with E-state index < -0.39 is 17.6 Å². The number of rotatable bonds is 3. The molecule has 0 aliphatic carbocycles. The van der Waals surface area contributed by atoms with Gasteiger partial charge in [-0.3, -0.25) is 0 Å². The summed E-state index contributed by atoms with van der Waals surface area (Å²) in [6.45, 7) is 3.81. The van der Waals surface area contributed by atoms with Crippen LogP contribution in [0.5, 0.6) is 0 Å². The Hall–Kier alpha value is -1.30. The lowest BCUT2D eigenvalue weighted by Crippen LogP contribution is -2.33. The summed E-state index contributed by atoms with van der Waals surface area (Å²) in [7, 11) is 0. The summed E-state index contributed by atoms with van der Waals surface area (Å²) in [5, 5.41) is 2.74. The van der Waals surface area contributed by atoms with E-state index in [1.807, 2.05) is 6.92 Å². The van der Waals surface area contributed by atoms with Crippen molar-refractivity contribution in [3.63, 3.8) is 0 Å². The van der Waals surface area contributed by atoms with E-state index in [1.165, 1.54) is 0 Å². The van der Waals surface area contributed by atoms with E-state index in [0.29, 0.717) is 25.8 Å². The van der Waals surface area contributed by atoms with Gasteiger partial charge < -0.3 is 10.1 Å². The molecule has 0 saturated carbocycles. The number of aromatic nitrogens is 1. The molecule has 0 radical (unpaired) electrons. The molecule has 2 heterocycles. The molecule has 0 aromatic carbocycles. The first kappa shape index (κ1) is 13.1. The lowest BCUT2D eigenvalue weighted by molar-refractivity contribution is 0.0299. The van der Waals surface area contributed by atoms with Crippen molar-refractivity contribution in [3.8, 4) is 0 Å². The van der Waals surface area contributed by atoms with Crippen LogP contribution in [0, 0.1) is 23.0 Å². The minimum absolute atomic E-state index is 0.0444. The first-order chi connectivity index (χ1) is 8.50. The Balaban J connectivity index is 2.03. The highest BCUT2D eigenvalue weighted by Gasteiger charge is 2.27. The first-order valence-corrected chi connectivity index (χ1v) is 5.83. The Kier molecular flexibility index (Phi) is 3.75. The Morgan fingerprint density at radius 2 is 1.94 bits per heavy atom. The van der Waals surface area contributed by atoms with E-state index >= 15 is 0 Å². The van der Waals surface area contributed by atoms with E-state index in [0.717, 1.165) is 12.8 Å². The average Bonchev–Trinajstić information content (AvgIpc) is 2.33. The molecule has 0 amide bonds. The Labute approximate surface area is 103 Å². The van der Waals surface area contributed by atoms with Crippen molar-refractivity contribution in [2.45, 2.75) is 19.8 Å². The van der Waals surface area contributed by atoms with Gasteiger partial charge in [-0.25, -0.2) is 8.78 Å². The van der Waals surface area contributed by atoms with Crippen LogP contribution in [0.4, 0.5) is 19.0 Å². The highest BCUT2D eigenvalue weighted by Crippen LogP contribution is 2.30. The quantitative estimate of drug-likeness (QED) is 0.848. The lowest BCUT2D eigenvalue weighted by atomic mass is 9.82. The van der Waals surface area contributed by atoms with Crippen molar-refractivity contribution in [1.29, 1.82) is 0 Å². The number of nitrogens with zero attached hydrogens (tertiary/aromatic N) is 1. The van der Waals surface area contributed by atoms with Crippen molar-refractivity contribution in [3.05, 3.63) is 23.6 Å². The molecule has 0 spiro atoms. The van der Waals surface area contributed by atoms with Crippen LogP contribution in [-0.4, -0.2) is 24.7 Å². The fraction of sp³-hybridized carbons (Fsp3) is 0.583. The van der Waals surface area contributed by atoms with E-state index in [1.54, 1.807) is 0 Å². The number of anilines is 1. The van der Waals surface area contributed by atoms with Crippen LogP contribution in [0.1, 0.15) is 19.8 Å². The molecular formula is C12H15F3N2O. The zero-order chi connectivity index (χ0) is 13.2. The minimum atomic E-state index is -1.30. The molecular weight excluding hydrogens is 245 g/mol. The maximum atomic E-state index is 13.4. The monoisotopic (exact) mass is 260 g/mol. The molecule has 1 N–H and O–H groups in total. The predicted molar refractivity (Wildman–Crippen MR) is 60.8 cm³/mol. The van der Waals surface area contributed by atoms with E-state index in [4.69, 9.17) is 4.74 Å². The normalized spacial score (nSPS) is 18.7. The first-order valence-electron chi connectivity index (χ1n) is 5.83. The maximum absolute atomic E-state index is 13.4. The van der Waals surface area contributed by atoms with Gasteiger partial charge in [0.1, 0.15) is 0 Å². The molecule has 1 fully saturated rings. The van der Waals surface area contributed by atoms with Gasteiger partial charge in [-0.05, 0) is 18.3 Å². The van der Waals surface area contributed by atoms with Gasteiger partial charge in [0.05, 0.1) is 0 Å². The Bertz CT molecular complexity index is 434. The van der Waals surface area contributed by atoms with Crippen molar-refractivity contribution in [2.75, 3.05) is 25.1 Å². The average molecular weight is 260 g/mol. The summed E-state index contributed by atoms with van der Waals surface area (Å²) in [6, 6.07) is 0.497. The van der Waals surface area contributed by atoms with Gasteiger partial charge in [0.15, 0.2) is 17.5 Å². The Morgan fingerprint density at radius 3 is 2.61 bits per heavy atom. The summed E-state index contributed by atoms with van der Waals surface area (Å²) in [5.41, 5.74) is -0.0444. The smallest absolute Gasteiger partial charge is 0.251 e. The molecule has 1 aromatic rings. The highest BCUT2D eigenvalue weighted by molar-refractivity contribution is 5.36. The topological polar surface area (TPSA) is 34.2 Å². The number of pyridine rings is 1.